The lowest BCUT2D eigenvalue weighted by Gasteiger charge is -2.10. The number of halogens is 1. The van der Waals surface area contributed by atoms with E-state index in [1.165, 1.54) is 0 Å². The van der Waals surface area contributed by atoms with Crippen LogP contribution < -0.4 is 11.1 Å². The molecule has 1 aromatic heterocycles. The van der Waals surface area contributed by atoms with E-state index in [9.17, 15) is 0 Å². The Morgan fingerprint density at radius 3 is 2.71 bits per heavy atom. The van der Waals surface area contributed by atoms with E-state index in [2.05, 4.69) is 10.3 Å². The van der Waals surface area contributed by atoms with Gasteiger partial charge >= 0.3 is 0 Å². The quantitative estimate of drug-likeness (QED) is 0.709. The largest absolute Gasteiger partial charge is 0.389 e. The molecular weight excluding hydrogens is 302 g/mol. The summed E-state index contributed by atoms with van der Waals surface area (Å²) < 4.78 is 0. The van der Waals surface area contributed by atoms with Crippen molar-refractivity contribution < 1.29 is 0 Å². The monoisotopic (exact) mass is 313 g/mol. The van der Waals surface area contributed by atoms with Gasteiger partial charge in [-0.15, -0.1) is 0 Å². The van der Waals surface area contributed by atoms with Gasteiger partial charge in [-0.2, -0.15) is 0 Å². The molecule has 0 amide bonds. The van der Waals surface area contributed by atoms with Crippen molar-refractivity contribution in [1.29, 1.82) is 0 Å². The van der Waals surface area contributed by atoms with Crippen LogP contribution in [0.4, 0.5) is 11.4 Å². The number of hydrogen-bond donors (Lipinski definition) is 2. The standard InChI is InChI=1S/C16H12ClN3S/c17-13-8-11(16(18)21)5-6-15(13)20-12-7-10-3-1-2-4-14(10)19-9-12/h1-9,20H,(H2,18,21). The zero-order valence-corrected chi connectivity index (χ0v) is 12.6. The zero-order valence-electron chi connectivity index (χ0n) is 11.0. The Bertz CT molecular complexity index is 833. The van der Waals surface area contributed by atoms with Gasteiger partial charge in [-0.1, -0.05) is 42.0 Å². The molecule has 104 valence electrons. The van der Waals surface area contributed by atoms with E-state index in [-0.39, 0.29) is 0 Å². The molecule has 0 atom stereocenters. The molecule has 1 heterocycles. The highest BCUT2D eigenvalue weighted by atomic mass is 35.5. The van der Waals surface area contributed by atoms with Gasteiger partial charge < -0.3 is 11.1 Å². The molecule has 0 fully saturated rings. The van der Waals surface area contributed by atoms with E-state index >= 15 is 0 Å². The maximum absolute atomic E-state index is 6.24. The fourth-order valence-corrected chi connectivity index (χ4v) is 2.42. The zero-order chi connectivity index (χ0) is 14.8. The molecule has 21 heavy (non-hydrogen) atoms. The van der Waals surface area contributed by atoms with Crippen LogP contribution in [0, 0.1) is 0 Å². The first-order valence-corrected chi connectivity index (χ1v) is 7.13. The average molecular weight is 314 g/mol. The number of nitrogens with zero attached hydrogens (tertiary/aromatic N) is 1. The predicted octanol–water partition coefficient (Wildman–Crippen LogP) is 4.27. The molecular formula is C16H12ClN3S. The molecule has 3 rings (SSSR count). The Morgan fingerprint density at radius 2 is 1.95 bits per heavy atom. The van der Waals surface area contributed by atoms with Gasteiger partial charge in [-0.3, -0.25) is 4.98 Å². The van der Waals surface area contributed by atoms with Crippen molar-refractivity contribution in [3.63, 3.8) is 0 Å². The molecule has 0 saturated heterocycles. The Morgan fingerprint density at radius 1 is 1.14 bits per heavy atom. The summed E-state index contributed by atoms with van der Waals surface area (Å²) in [6.45, 7) is 0. The van der Waals surface area contributed by atoms with Crippen LogP contribution >= 0.6 is 23.8 Å². The van der Waals surface area contributed by atoms with Gasteiger partial charge in [-0.05, 0) is 30.3 Å². The van der Waals surface area contributed by atoms with Crippen LogP contribution in [-0.2, 0) is 0 Å². The second kappa shape index (κ2) is 5.68. The van der Waals surface area contributed by atoms with Crippen molar-refractivity contribution in [2.45, 2.75) is 0 Å². The first-order valence-electron chi connectivity index (χ1n) is 6.34. The van der Waals surface area contributed by atoms with E-state index in [0.29, 0.717) is 10.0 Å². The fourth-order valence-electron chi connectivity index (χ4n) is 2.06. The van der Waals surface area contributed by atoms with Crippen molar-refractivity contribution in [3.8, 4) is 0 Å². The number of aromatic nitrogens is 1. The molecule has 0 saturated carbocycles. The molecule has 0 aliphatic carbocycles. The van der Waals surface area contributed by atoms with Crippen LogP contribution in [0.15, 0.2) is 54.7 Å². The summed E-state index contributed by atoms with van der Waals surface area (Å²) in [5, 5.41) is 4.88. The normalized spacial score (nSPS) is 10.5. The molecule has 2 aromatic carbocycles. The van der Waals surface area contributed by atoms with Crippen LogP contribution in [-0.4, -0.2) is 9.97 Å². The van der Waals surface area contributed by atoms with Gasteiger partial charge in [0.05, 0.1) is 28.1 Å². The number of hydrogen-bond acceptors (Lipinski definition) is 3. The number of pyridine rings is 1. The maximum Gasteiger partial charge on any atom is 0.104 e. The second-order valence-electron chi connectivity index (χ2n) is 4.60. The number of anilines is 2. The third-order valence-corrected chi connectivity index (χ3v) is 3.67. The van der Waals surface area contributed by atoms with Crippen molar-refractivity contribution in [1.82, 2.24) is 4.98 Å². The predicted molar refractivity (Wildman–Crippen MR) is 92.4 cm³/mol. The van der Waals surface area contributed by atoms with Gasteiger partial charge in [0.2, 0.25) is 0 Å². The molecule has 0 aliphatic heterocycles. The molecule has 3 nitrogen and oxygen atoms in total. The fraction of sp³-hybridized carbons (Fsp3) is 0. The van der Waals surface area contributed by atoms with Crippen LogP contribution in [0.25, 0.3) is 10.9 Å². The summed E-state index contributed by atoms with van der Waals surface area (Å²) in [6, 6.07) is 15.4. The van der Waals surface area contributed by atoms with E-state index in [4.69, 9.17) is 29.6 Å². The first-order chi connectivity index (χ1) is 10.1. The number of fused-ring (bicyclic) bond motifs is 1. The van der Waals surface area contributed by atoms with Crippen LogP contribution in [0.2, 0.25) is 5.02 Å². The summed E-state index contributed by atoms with van der Waals surface area (Å²) in [5.74, 6) is 0. The van der Waals surface area contributed by atoms with Crippen molar-refractivity contribution in [2.24, 2.45) is 5.73 Å². The van der Waals surface area contributed by atoms with Gasteiger partial charge in [-0.25, -0.2) is 0 Å². The Balaban J connectivity index is 1.93. The number of benzene rings is 2. The van der Waals surface area contributed by atoms with Crippen molar-refractivity contribution in [2.75, 3.05) is 5.32 Å². The van der Waals surface area contributed by atoms with Crippen LogP contribution in [0.5, 0.6) is 0 Å². The van der Waals surface area contributed by atoms with Gasteiger partial charge in [0, 0.05) is 10.9 Å². The lowest BCUT2D eigenvalue weighted by atomic mass is 10.2. The van der Waals surface area contributed by atoms with E-state index in [1.54, 1.807) is 12.3 Å². The molecule has 0 bridgehead atoms. The highest BCUT2D eigenvalue weighted by Crippen LogP contribution is 2.27. The highest BCUT2D eigenvalue weighted by molar-refractivity contribution is 7.80. The maximum atomic E-state index is 6.24. The van der Waals surface area contributed by atoms with Crippen LogP contribution in [0.3, 0.4) is 0 Å². The van der Waals surface area contributed by atoms with Crippen LogP contribution in [0.1, 0.15) is 5.56 Å². The summed E-state index contributed by atoms with van der Waals surface area (Å²) in [4.78, 5) is 4.74. The molecule has 0 aliphatic rings. The summed E-state index contributed by atoms with van der Waals surface area (Å²) in [6.07, 6.45) is 1.78. The van der Waals surface area contributed by atoms with Crippen molar-refractivity contribution >= 4 is 51.1 Å². The van der Waals surface area contributed by atoms with Crippen molar-refractivity contribution in [3.05, 3.63) is 65.3 Å². The minimum atomic E-state index is 0.329. The Kier molecular flexibility index (Phi) is 3.73. The Hall–Kier alpha value is -2.17. The minimum Gasteiger partial charge on any atom is -0.389 e. The number of nitrogens with one attached hydrogen (secondary N) is 1. The molecule has 0 spiro atoms. The molecule has 3 aromatic rings. The lowest BCUT2D eigenvalue weighted by molar-refractivity contribution is 1.39. The van der Waals surface area contributed by atoms with E-state index in [0.717, 1.165) is 27.8 Å². The molecule has 0 radical (unpaired) electrons. The topological polar surface area (TPSA) is 50.9 Å². The SMILES string of the molecule is NC(=S)c1ccc(Nc2cnc3ccccc3c2)c(Cl)c1. The average Bonchev–Trinajstić information content (AvgIpc) is 2.49. The van der Waals surface area contributed by atoms with Gasteiger partial charge in [0.25, 0.3) is 0 Å². The number of nitrogens with two attached hydrogens (primary N) is 1. The summed E-state index contributed by atoms with van der Waals surface area (Å²) >= 11 is 11.2. The summed E-state index contributed by atoms with van der Waals surface area (Å²) in [5.41, 5.74) is 8.95. The third kappa shape index (κ3) is 2.96. The van der Waals surface area contributed by atoms with E-state index in [1.807, 2.05) is 42.5 Å². The lowest BCUT2D eigenvalue weighted by Crippen LogP contribution is -2.09. The smallest absolute Gasteiger partial charge is 0.104 e. The summed E-state index contributed by atoms with van der Waals surface area (Å²) in [7, 11) is 0. The first kappa shape index (κ1) is 13.8. The highest BCUT2D eigenvalue weighted by Gasteiger charge is 2.05. The number of rotatable bonds is 3. The minimum absolute atomic E-state index is 0.329. The number of thiocarbonyl (C=S) groups is 1. The van der Waals surface area contributed by atoms with Gasteiger partial charge in [0.1, 0.15) is 4.99 Å². The molecule has 3 N–H and O–H groups in total. The third-order valence-electron chi connectivity index (χ3n) is 3.12. The molecule has 5 heteroatoms. The Labute approximate surface area is 132 Å². The van der Waals surface area contributed by atoms with Gasteiger partial charge in [0.15, 0.2) is 0 Å². The number of para-hydroxylation sites is 1. The van der Waals surface area contributed by atoms with E-state index < -0.39 is 0 Å². The second-order valence-corrected chi connectivity index (χ2v) is 5.45. The molecule has 0 unspecified atom stereocenters.